The summed E-state index contributed by atoms with van der Waals surface area (Å²) in [4.78, 5) is 0. The summed E-state index contributed by atoms with van der Waals surface area (Å²) in [6.07, 6.45) is 1.88. The largest absolute Gasteiger partial charge is 0.320 e. The highest BCUT2D eigenvalue weighted by molar-refractivity contribution is 4.94. The quantitative estimate of drug-likeness (QED) is 0.643. The molecule has 0 bridgehead atoms. The minimum absolute atomic E-state index is 0.122. The Morgan fingerprint density at radius 2 is 2.20 bits per heavy atom. The molecule has 0 heterocycles. The maximum Gasteiger partial charge on any atom is 0.0687 e. The van der Waals surface area contributed by atoms with Gasteiger partial charge in [-0.3, -0.25) is 0 Å². The van der Waals surface area contributed by atoms with Gasteiger partial charge in [0.25, 0.3) is 0 Å². The number of nitrogens with zero attached hydrogens (tertiary/aromatic N) is 1. The first-order valence-corrected chi connectivity index (χ1v) is 3.74. The average molecular weight is 140 g/mol. The zero-order valence-electron chi connectivity index (χ0n) is 7.07. The van der Waals surface area contributed by atoms with Gasteiger partial charge >= 0.3 is 0 Å². The molecule has 0 fully saturated rings. The minimum Gasteiger partial charge on any atom is -0.320 e. The molecular weight excluding hydrogens is 124 g/mol. The smallest absolute Gasteiger partial charge is 0.0687 e. The summed E-state index contributed by atoms with van der Waals surface area (Å²) in [5, 5.41) is 11.8. The fourth-order valence-electron chi connectivity index (χ4n) is 0.713. The van der Waals surface area contributed by atoms with Crippen LogP contribution in [-0.4, -0.2) is 13.6 Å². The number of hydrogen-bond acceptors (Lipinski definition) is 2. The van der Waals surface area contributed by atoms with Gasteiger partial charge in [0.1, 0.15) is 0 Å². The molecule has 0 aliphatic rings. The van der Waals surface area contributed by atoms with E-state index in [0.717, 1.165) is 19.4 Å². The van der Waals surface area contributed by atoms with E-state index >= 15 is 0 Å². The molecular formula is C8H16N2. The first kappa shape index (κ1) is 9.45. The molecule has 0 saturated heterocycles. The van der Waals surface area contributed by atoms with Crippen molar-refractivity contribution in [2.45, 2.75) is 26.7 Å². The highest BCUT2D eigenvalue weighted by atomic mass is 14.8. The molecule has 0 aliphatic heterocycles. The third-order valence-electron chi connectivity index (χ3n) is 1.98. The van der Waals surface area contributed by atoms with Crippen molar-refractivity contribution < 1.29 is 0 Å². The molecule has 10 heavy (non-hydrogen) atoms. The van der Waals surface area contributed by atoms with E-state index in [-0.39, 0.29) is 5.41 Å². The fourth-order valence-corrected chi connectivity index (χ4v) is 0.713. The van der Waals surface area contributed by atoms with E-state index in [2.05, 4.69) is 18.3 Å². The van der Waals surface area contributed by atoms with Crippen LogP contribution in [0.5, 0.6) is 0 Å². The Kier molecular flexibility index (Phi) is 4.06. The highest BCUT2D eigenvalue weighted by Gasteiger charge is 2.19. The Labute approximate surface area is 63.2 Å². The zero-order valence-corrected chi connectivity index (χ0v) is 7.07. The van der Waals surface area contributed by atoms with Gasteiger partial charge < -0.3 is 5.32 Å². The highest BCUT2D eigenvalue weighted by Crippen LogP contribution is 2.23. The van der Waals surface area contributed by atoms with Gasteiger partial charge in [0.15, 0.2) is 0 Å². The van der Waals surface area contributed by atoms with Crippen LogP contribution in [0.4, 0.5) is 0 Å². The van der Waals surface area contributed by atoms with Gasteiger partial charge in [-0.25, -0.2) is 0 Å². The first-order chi connectivity index (χ1) is 4.68. The van der Waals surface area contributed by atoms with Gasteiger partial charge in [-0.15, -0.1) is 0 Å². The zero-order chi connectivity index (χ0) is 8.04. The summed E-state index contributed by atoms with van der Waals surface area (Å²) in [6.45, 7) is 4.99. The van der Waals surface area contributed by atoms with E-state index in [9.17, 15) is 0 Å². The Bertz CT molecular complexity index is 126. The molecule has 0 spiro atoms. The van der Waals surface area contributed by atoms with Crippen LogP contribution >= 0.6 is 0 Å². The fraction of sp³-hybridized carbons (Fsp3) is 0.875. The summed E-state index contributed by atoms with van der Waals surface area (Å²) in [7, 11) is 1.91. The lowest BCUT2D eigenvalue weighted by molar-refractivity contribution is 0.385. The lowest BCUT2D eigenvalue weighted by Crippen LogP contribution is -2.20. The minimum atomic E-state index is -0.122. The van der Waals surface area contributed by atoms with Crippen molar-refractivity contribution in [3.05, 3.63) is 0 Å². The number of nitriles is 1. The van der Waals surface area contributed by atoms with E-state index in [1.807, 2.05) is 14.0 Å². The maximum atomic E-state index is 8.73. The van der Waals surface area contributed by atoms with E-state index in [0.29, 0.717) is 0 Å². The molecule has 1 atom stereocenters. The molecule has 0 radical (unpaired) electrons. The average Bonchev–Trinajstić information content (AvgIpc) is 2.00. The first-order valence-electron chi connectivity index (χ1n) is 3.74. The van der Waals surface area contributed by atoms with Gasteiger partial charge in [-0.2, -0.15) is 5.26 Å². The van der Waals surface area contributed by atoms with E-state index in [4.69, 9.17) is 5.26 Å². The molecule has 1 N–H and O–H groups in total. The molecule has 0 rings (SSSR count). The predicted molar refractivity (Wildman–Crippen MR) is 42.6 cm³/mol. The molecule has 0 aromatic carbocycles. The van der Waals surface area contributed by atoms with Crippen molar-refractivity contribution in [2.24, 2.45) is 5.41 Å². The standard InChI is InChI=1S/C8H16N2/c1-4-8(2,7-9)5-6-10-3/h10H,4-6H2,1-3H3. The normalized spacial score (nSPS) is 15.8. The molecule has 1 unspecified atom stereocenters. The van der Waals surface area contributed by atoms with Crippen molar-refractivity contribution in [2.75, 3.05) is 13.6 Å². The summed E-state index contributed by atoms with van der Waals surface area (Å²) in [5.41, 5.74) is -0.122. The Hall–Kier alpha value is -0.550. The van der Waals surface area contributed by atoms with Crippen molar-refractivity contribution in [1.29, 1.82) is 5.26 Å². The second kappa shape index (κ2) is 4.29. The van der Waals surface area contributed by atoms with E-state index < -0.39 is 0 Å². The van der Waals surface area contributed by atoms with Gasteiger partial charge in [0.2, 0.25) is 0 Å². The third kappa shape index (κ3) is 2.84. The molecule has 0 aliphatic carbocycles. The Morgan fingerprint density at radius 1 is 1.60 bits per heavy atom. The van der Waals surface area contributed by atoms with Gasteiger partial charge in [-0.1, -0.05) is 6.92 Å². The summed E-state index contributed by atoms with van der Waals surface area (Å²) >= 11 is 0. The van der Waals surface area contributed by atoms with E-state index in [1.165, 1.54) is 0 Å². The second-order valence-electron chi connectivity index (χ2n) is 2.88. The summed E-state index contributed by atoms with van der Waals surface area (Å²) in [5.74, 6) is 0. The summed E-state index contributed by atoms with van der Waals surface area (Å²) in [6, 6.07) is 2.32. The maximum absolute atomic E-state index is 8.73. The van der Waals surface area contributed by atoms with E-state index in [1.54, 1.807) is 0 Å². The second-order valence-corrected chi connectivity index (χ2v) is 2.88. The molecule has 0 saturated carbocycles. The van der Waals surface area contributed by atoms with Gasteiger partial charge in [-0.05, 0) is 33.4 Å². The third-order valence-corrected chi connectivity index (χ3v) is 1.98. The SMILES string of the molecule is CCC(C)(C#N)CCNC. The van der Waals surface area contributed by atoms with Crippen LogP contribution in [0.3, 0.4) is 0 Å². The lowest BCUT2D eigenvalue weighted by atomic mass is 9.86. The lowest BCUT2D eigenvalue weighted by Gasteiger charge is -2.18. The van der Waals surface area contributed by atoms with Gasteiger partial charge in [0.05, 0.1) is 11.5 Å². The van der Waals surface area contributed by atoms with Crippen LogP contribution in [0.15, 0.2) is 0 Å². The van der Waals surface area contributed by atoms with Crippen molar-refractivity contribution in [1.82, 2.24) is 5.32 Å². The van der Waals surface area contributed by atoms with Crippen LogP contribution < -0.4 is 5.32 Å². The summed E-state index contributed by atoms with van der Waals surface area (Å²) < 4.78 is 0. The number of hydrogen-bond donors (Lipinski definition) is 1. The molecule has 2 nitrogen and oxygen atoms in total. The van der Waals surface area contributed by atoms with Crippen molar-refractivity contribution in [3.63, 3.8) is 0 Å². The van der Waals surface area contributed by atoms with Crippen LogP contribution in [-0.2, 0) is 0 Å². The predicted octanol–water partition coefficient (Wildman–Crippen LogP) is 1.54. The van der Waals surface area contributed by atoms with Crippen LogP contribution in [0.25, 0.3) is 0 Å². The molecule has 0 aromatic heterocycles. The van der Waals surface area contributed by atoms with Crippen LogP contribution in [0, 0.1) is 16.7 Å². The van der Waals surface area contributed by atoms with Crippen LogP contribution in [0.1, 0.15) is 26.7 Å². The Morgan fingerprint density at radius 3 is 2.50 bits per heavy atom. The molecule has 0 aromatic rings. The van der Waals surface area contributed by atoms with Crippen molar-refractivity contribution in [3.8, 4) is 6.07 Å². The molecule has 0 amide bonds. The monoisotopic (exact) mass is 140 g/mol. The molecule has 2 heteroatoms. The van der Waals surface area contributed by atoms with Gasteiger partial charge in [0, 0.05) is 0 Å². The number of rotatable bonds is 4. The topological polar surface area (TPSA) is 35.8 Å². The van der Waals surface area contributed by atoms with Crippen LogP contribution in [0.2, 0.25) is 0 Å². The number of nitrogens with one attached hydrogen (secondary N) is 1. The van der Waals surface area contributed by atoms with Crippen molar-refractivity contribution >= 4 is 0 Å². The Balaban J connectivity index is 3.72. The molecule has 58 valence electrons.